The van der Waals surface area contributed by atoms with Gasteiger partial charge in [0, 0.05) is 13.7 Å². The van der Waals surface area contributed by atoms with E-state index in [4.69, 9.17) is 4.74 Å². The third-order valence-corrected chi connectivity index (χ3v) is 4.06. The number of amides is 1. The van der Waals surface area contributed by atoms with E-state index in [1.54, 1.807) is 19.2 Å². The fourth-order valence-electron chi connectivity index (χ4n) is 1.90. The Hall–Kier alpha value is -1.79. The number of carbonyl (C=O) groups is 1. The Morgan fingerprint density at radius 2 is 2.10 bits per heavy atom. The van der Waals surface area contributed by atoms with E-state index in [1.165, 1.54) is 23.5 Å². The van der Waals surface area contributed by atoms with Gasteiger partial charge in [0.1, 0.15) is 15.7 Å². The van der Waals surface area contributed by atoms with E-state index in [9.17, 15) is 9.18 Å². The maximum atomic E-state index is 12.8. The Kier molecular flexibility index (Phi) is 5.41. The van der Waals surface area contributed by atoms with Crippen LogP contribution in [0.1, 0.15) is 25.9 Å². The number of methoxy groups -OCH3 is 1. The molecule has 0 saturated carbocycles. The maximum absolute atomic E-state index is 12.8. The molecule has 0 unspecified atom stereocenters. The van der Waals surface area contributed by atoms with Crippen molar-refractivity contribution in [2.75, 3.05) is 13.7 Å². The average molecular weight is 308 g/mol. The Labute approximate surface area is 127 Å². The molecule has 1 heterocycles. The zero-order valence-electron chi connectivity index (χ0n) is 12.0. The largest absolute Gasteiger partial charge is 0.378 e. The van der Waals surface area contributed by atoms with Crippen LogP contribution in [0.25, 0.3) is 0 Å². The molecule has 2 rings (SSSR count). The summed E-state index contributed by atoms with van der Waals surface area (Å²) in [6.07, 6.45) is 0.662. The van der Waals surface area contributed by atoms with Crippen LogP contribution in [0, 0.1) is 12.7 Å². The number of thiazole rings is 1. The number of aromatic nitrogens is 1. The van der Waals surface area contributed by atoms with Gasteiger partial charge in [0.05, 0.1) is 12.3 Å². The average Bonchev–Trinajstić information content (AvgIpc) is 2.82. The molecule has 0 fully saturated rings. The molecule has 1 amide bonds. The van der Waals surface area contributed by atoms with Crippen molar-refractivity contribution in [3.63, 3.8) is 0 Å². The number of rotatable bonds is 6. The molecule has 4 nitrogen and oxygen atoms in total. The van der Waals surface area contributed by atoms with Gasteiger partial charge in [-0.1, -0.05) is 12.1 Å². The molecule has 0 bridgehead atoms. The second kappa shape index (κ2) is 7.28. The van der Waals surface area contributed by atoms with Gasteiger partial charge in [-0.15, -0.1) is 11.3 Å². The van der Waals surface area contributed by atoms with E-state index >= 15 is 0 Å². The summed E-state index contributed by atoms with van der Waals surface area (Å²) in [5.74, 6) is -0.386. The first-order valence-corrected chi connectivity index (χ1v) is 7.39. The Bertz CT molecular complexity index is 611. The van der Waals surface area contributed by atoms with Gasteiger partial charge in [0.25, 0.3) is 5.91 Å². The maximum Gasteiger partial charge on any atom is 0.263 e. The summed E-state index contributed by atoms with van der Waals surface area (Å²) in [6, 6.07) is 6.27. The van der Waals surface area contributed by atoms with Crippen LogP contribution in [-0.4, -0.2) is 24.5 Å². The lowest BCUT2D eigenvalue weighted by Gasteiger charge is -2.04. The minimum atomic E-state index is -0.256. The highest BCUT2D eigenvalue weighted by atomic mass is 32.1. The SMILES string of the molecule is COCc1nc(C)c(C(=O)NCCc2ccc(F)cc2)s1. The molecule has 0 radical (unpaired) electrons. The summed E-state index contributed by atoms with van der Waals surface area (Å²) < 4.78 is 17.8. The number of benzene rings is 1. The zero-order chi connectivity index (χ0) is 15.2. The van der Waals surface area contributed by atoms with Gasteiger partial charge in [-0.05, 0) is 31.0 Å². The summed E-state index contributed by atoms with van der Waals surface area (Å²) in [5.41, 5.74) is 1.70. The quantitative estimate of drug-likeness (QED) is 0.892. The second-order valence-electron chi connectivity index (χ2n) is 4.59. The molecule has 1 aromatic heterocycles. The predicted octanol–water partition coefficient (Wildman–Crippen LogP) is 2.71. The molecule has 21 heavy (non-hydrogen) atoms. The fourth-order valence-corrected chi connectivity index (χ4v) is 2.85. The Morgan fingerprint density at radius 1 is 1.38 bits per heavy atom. The van der Waals surface area contributed by atoms with Crippen molar-refractivity contribution in [1.82, 2.24) is 10.3 Å². The number of carbonyl (C=O) groups excluding carboxylic acids is 1. The van der Waals surface area contributed by atoms with E-state index in [-0.39, 0.29) is 11.7 Å². The zero-order valence-corrected chi connectivity index (χ0v) is 12.8. The molecular formula is C15H17FN2O2S. The molecule has 0 aliphatic heterocycles. The van der Waals surface area contributed by atoms with Crippen molar-refractivity contribution in [3.05, 3.63) is 51.2 Å². The number of halogens is 1. The highest BCUT2D eigenvalue weighted by Crippen LogP contribution is 2.18. The lowest BCUT2D eigenvalue weighted by Crippen LogP contribution is -2.25. The van der Waals surface area contributed by atoms with Gasteiger partial charge >= 0.3 is 0 Å². The van der Waals surface area contributed by atoms with Crippen LogP contribution in [0.15, 0.2) is 24.3 Å². The summed E-state index contributed by atoms with van der Waals surface area (Å²) in [4.78, 5) is 17.0. The van der Waals surface area contributed by atoms with Crippen LogP contribution in [0.5, 0.6) is 0 Å². The van der Waals surface area contributed by atoms with Crippen molar-refractivity contribution in [1.29, 1.82) is 0 Å². The monoisotopic (exact) mass is 308 g/mol. The van der Waals surface area contributed by atoms with E-state index < -0.39 is 0 Å². The number of ether oxygens (including phenoxy) is 1. The number of nitrogens with one attached hydrogen (secondary N) is 1. The normalized spacial score (nSPS) is 10.6. The molecule has 112 valence electrons. The van der Waals surface area contributed by atoms with Crippen LogP contribution < -0.4 is 5.32 Å². The molecule has 0 atom stereocenters. The molecule has 6 heteroatoms. The van der Waals surface area contributed by atoms with Gasteiger partial charge in [0.15, 0.2) is 0 Å². The van der Waals surface area contributed by atoms with Crippen molar-refractivity contribution in [3.8, 4) is 0 Å². The Balaban J connectivity index is 1.88. The first kappa shape index (κ1) is 15.6. The smallest absolute Gasteiger partial charge is 0.263 e. The first-order valence-electron chi connectivity index (χ1n) is 6.58. The number of nitrogens with zero attached hydrogens (tertiary/aromatic N) is 1. The lowest BCUT2D eigenvalue weighted by atomic mass is 10.1. The highest BCUT2D eigenvalue weighted by molar-refractivity contribution is 7.13. The van der Waals surface area contributed by atoms with Gasteiger partial charge < -0.3 is 10.1 Å². The lowest BCUT2D eigenvalue weighted by molar-refractivity contribution is 0.0957. The Morgan fingerprint density at radius 3 is 2.76 bits per heavy atom. The van der Waals surface area contributed by atoms with Crippen LogP contribution >= 0.6 is 11.3 Å². The van der Waals surface area contributed by atoms with E-state index in [2.05, 4.69) is 10.3 Å². The summed E-state index contributed by atoms with van der Waals surface area (Å²) in [7, 11) is 1.60. The van der Waals surface area contributed by atoms with E-state index in [0.717, 1.165) is 10.6 Å². The van der Waals surface area contributed by atoms with Gasteiger partial charge in [-0.3, -0.25) is 4.79 Å². The minimum absolute atomic E-state index is 0.130. The molecule has 0 spiro atoms. The highest BCUT2D eigenvalue weighted by Gasteiger charge is 2.14. The first-order chi connectivity index (χ1) is 10.1. The predicted molar refractivity (Wildman–Crippen MR) is 80.0 cm³/mol. The summed E-state index contributed by atoms with van der Waals surface area (Å²) in [6.45, 7) is 2.72. The van der Waals surface area contributed by atoms with Crippen molar-refractivity contribution < 1.29 is 13.9 Å². The van der Waals surface area contributed by atoms with Crippen LogP contribution in [-0.2, 0) is 17.8 Å². The molecule has 1 aromatic carbocycles. The van der Waals surface area contributed by atoms with Crippen molar-refractivity contribution in [2.24, 2.45) is 0 Å². The van der Waals surface area contributed by atoms with E-state index in [0.29, 0.717) is 30.1 Å². The third kappa shape index (κ3) is 4.34. The summed E-state index contributed by atoms with van der Waals surface area (Å²) in [5, 5.41) is 3.65. The second-order valence-corrected chi connectivity index (χ2v) is 5.67. The minimum Gasteiger partial charge on any atom is -0.378 e. The van der Waals surface area contributed by atoms with Crippen molar-refractivity contribution in [2.45, 2.75) is 20.0 Å². The standard InChI is InChI=1S/C15H17FN2O2S/c1-10-14(21-13(18-10)9-20-2)15(19)17-8-7-11-3-5-12(16)6-4-11/h3-6H,7-9H2,1-2H3,(H,17,19). The third-order valence-electron chi connectivity index (χ3n) is 2.93. The molecule has 0 aliphatic carbocycles. The van der Waals surface area contributed by atoms with Gasteiger partial charge in [-0.2, -0.15) is 0 Å². The van der Waals surface area contributed by atoms with E-state index in [1.807, 2.05) is 6.92 Å². The van der Waals surface area contributed by atoms with Gasteiger partial charge in [0.2, 0.25) is 0 Å². The topological polar surface area (TPSA) is 51.2 Å². The van der Waals surface area contributed by atoms with Gasteiger partial charge in [-0.25, -0.2) is 9.37 Å². The number of hydrogen-bond acceptors (Lipinski definition) is 4. The molecule has 0 saturated heterocycles. The summed E-state index contributed by atoms with van der Waals surface area (Å²) >= 11 is 1.34. The molecule has 0 aliphatic rings. The van der Waals surface area contributed by atoms with Crippen LogP contribution in [0.3, 0.4) is 0 Å². The van der Waals surface area contributed by atoms with Crippen LogP contribution in [0.2, 0.25) is 0 Å². The number of aryl methyl sites for hydroxylation is 1. The number of hydrogen-bond donors (Lipinski definition) is 1. The molecule has 2 aromatic rings. The molecule has 1 N–H and O–H groups in total. The van der Waals surface area contributed by atoms with Crippen molar-refractivity contribution >= 4 is 17.2 Å². The van der Waals surface area contributed by atoms with Crippen LogP contribution in [0.4, 0.5) is 4.39 Å². The molecular weight excluding hydrogens is 291 g/mol. The fraction of sp³-hybridized carbons (Fsp3) is 0.333.